The minimum atomic E-state index is -3.99. The number of anilines is 1. The van der Waals surface area contributed by atoms with Crippen LogP contribution in [0.3, 0.4) is 0 Å². The van der Waals surface area contributed by atoms with Crippen molar-refractivity contribution in [3.05, 3.63) is 81.9 Å². The summed E-state index contributed by atoms with van der Waals surface area (Å²) < 4.78 is 39.9. The van der Waals surface area contributed by atoms with E-state index in [9.17, 15) is 13.2 Å². The molecule has 1 heterocycles. The molecule has 1 amide bonds. The molecule has 0 atom stereocenters. The number of sulfonamides is 1. The summed E-state index contributed by atoms with van der Waals surface area (Å²) in [7, 11) is -3.99. The Morgan fingerprint density at radius 1 is 0.943 bits per heavy atom. The molecule has 0 unspecified atom stereocenters. The molecular formula is C26H27ClN2O5S. The van der Waals surface area contributed by atoms with Crippen LogP contribution in [0, 0.1) is 20.8 Å². The number of nitrogens with zero attached hydrogens (tertiary/aromatic N) is 1. The fraction of sp³-hybridized carbons (Fsp3) is 0.269. The fourth-order valence-corrected chi connectivity index (χ4v) is 6.13. The Hall–Kier alpha value is -3.07. The Balaban J connectivity index is 1.63. The topological polar surface area (TPSA) is 84.9 Å². The van der Waals surface area contributed by atoms with Crippen LogP contribution in [0.1, 0.15) is 22.3 Å². The number of hydrogen-bond donors (Lipinski definition) is 1. The molecule has 3 aromatic rings. The molecule has 4 rings (SSSR count). The zero-order valence-electron chi connectivity index (χ0n) is 19.8. The second kappa shape index (κ2) is 10.3. The molecule has 0 radical (unpaired) electrons. The van der Waals surface area contributed by atoms with Crippen molar-refractivity contribution in [3.8, 4) is 11.5 Å². The van der Waals surface area contributed by atoms with Crippen LogP contribution in [0.5, 0.6) is 11.5 Å². The summed E-state index contributed by atoms with van der Waals surface area (Å²) in [6, 6.07) is 15.6. The van der Waals surface area contributed by atoms with E-state index in [4.69, 9.17) is 21.1 Å². The third-order valence-electron chi connectivity index (χ3n) is 5.62. The Labute approximate surface area is 210 Å². The summed E-state index contributed by atoms with van der Waals surface area (Å²) >= 11 is 6.00. The van der Waals surface area contributed by atoms with Gasteiger partial charge in [0.2, 0.25) is 15.9 Å². The molecule has 7 nitrogen and oxygen atoms in total. The zero-order valence-corrected chi connectivity index (χ0v) is 21.4. The molecule has 35 heavy (non-hydrogen) atoms. The molecule has 1 N–H and O–H groups in total. The van der Waals surface area contributed by atoms with Crippen molar-refractivity contribution in [1.82, 2.24) is 4.31 Å². The van der Waals surface area contributed by atoms with Gasteiger partial charge in [0.05, 0.1) is 11.4 Å². The largest absolute Gasteiger partial charge is 0.486 e. The number of carbonyl (C=O) groups is 1. The van der Waals surface area contributed by atoms with Crippen LogP contribution >= 0.6 is 11.6 Å². The molecule has 0 saturated heterocycles. The van der Waals surface area contributed by atoms with Gasteiger partial charge in [0, 0.05) is 23.3 Å². The molecule has 1 aliphatic heterocycles. The number of hydrogen-bond acceptors (Lipinski definition) is 5. The summed E-state index contributed by atoms with van der Waals surface area (Å²) in [6.45, 7) is 5.99. The van der Waals surface area contributed by atoms with E-state index in [0.29, 0.717) is 52.1 Å². The maximum atomic E-state index is 13.8. The molecule has 0 bridgehead atoms. The average molecular weight is 515 g/mol. The van der Waals surface area contributed by atoms with E-state index < -0.39 is 15.9 Å². The van der Waals surface area contributed by atoms with E-state index in [1.165, 1.54) is 4.31 Å². The van der Waals surface area contributed by atoms with E-state index in [2.05, 4.69) is 5.32 Å². The minimum Gasteiger partial charge on any atom is -0.486 e. The van der Waals surface area contributed by atoms with Gasteiger partial charge in [0.15, 0.2) is 11.5 Å². The second-order valence-corrected chi connectivity index (χ2v) is 10.8. The van der Waals surface area contributed by atoms with Gasteiger partial charge in [-0.2, -0.15) is 4.31 Å². The van der Waals surface area contributed by atoms with Gasteiger partial charge in [-0.25, -0.2) is 8.42 Å². The van der Waals surface area contributed by atoms with Crippen molar-refractivity contribution in [2.45, 2.75) is 32.2 Å². The summed E-state index contributed by atoms with van der Waals surface area (Å²) in [5, 5.41) is 3.32. The number of halogens is 1. The first-order valence-corrected chi connectivity index (χ1v) is 13.0. The van der Waals surface area contributed by atoms with E-state index in [1.54, 1.807) is 56.3 Å². The van der Waals surface area contributed by atoms with Crippen LogP contribution in [0.4, 0.5) is 5.69 Å². The SMILES string of the molecule is Cc1cc(C)c(S(=O)(=O)N(CC(=O)Nc2ccc3c(c2)OCCO3)Cc2ccc(Cl)cc2)c(C)c1. The number of amides is 1. The minimum absolute atomic E-state index is 0.0147. The molecule has 0 spiro atoms. The van der Waals surface area contributed by atoms with Crippen molar-refractivity contribution in [1.29, 1.82) is 0 Å². The third kappa shape index (κ3) is 5.78. The lowest BCUT2D eigenvalue weighted by Gasteiger charge is -2.24. The lowest BCUT2D eigenvalue weighted by molar-refractivity contribution is -0.116. The molecular weight excluding hydrogens is 488 g/mol. The maximum absolute atomic E-state index is 13.8. The van der Waals surface area contributed by atoms with Crippen molar-refractivity contribution in [2.75, 3.05) is 25.1 Å². The first-order chi connectivity index (χ1) is 16.6. The molecule has 0 aromatic heterocycles. The van der Waals surface area contributed by atoms with Gasteiger partial charge in [0.25, 0.3) is 0 Å². The van der Waals surface area contributed by atoms with Crippen LogP contribution < -0.4 is 14.8 Å². The van der Waals surface area contributed by atoms with Gasteiger partial charge in [-0.3, -0.25) is 4.79 Å². The molecule has 1 aliphatic rings. The monoisotopic (exact) mass is 514 g/mol. The molecule has 0 aliphatic carbocycles. The Morgan fingerprint density at radius 2 is 1.57 bits per heavy atom. The lowest BCUT2D eigenvalue weighted by Crippen LogP contribution is -2.38. The zero-order chi connectivity index (χ0) is 25.2. The second-order valence-electron chi connectivity index (χ2n) is 8.53. The fourth-order valence-electron chi connectivity index (χ4n) is 4.20. The van der Waals surface area contributed by atoms with Crippen molar-refractivity contribution < 1.29 is 22.7 Å². The predicted molar refractivity (Wildman–Crippen MR) is 136 cm³/mol. The van der Waals surface area contributed by atoms with Crippen LogP contribution in [-0.4, -0.2) is 38.4 Å². The highest BCUT2D eigenvalue weighted by Gasteiger charge is 2.30. The Morgan fingerprint density at radius 3 is 2.23 bits per heavy atom. The number of ether oxygens (including phenoxy) is 2. The van der Waals surface area contributed by atoms with E-state index in [1.807, 2.05) is 19.1 Å². The van der Waals surface area contributed by atoms with Gasteiger partial charge in [-0.1, -0.05) is 41.4 Å². The number of aryl methyl sites for hydroxylation is 3. The van der Waals surface area contributed by atoms with Crippen LogP contribution in [0.25, 0.3) is 0 Å². The van der Waals surface area contributed by atoms with Crippen molar-refractivity contribution in [3.63, 3.8) is 0 Å². The van der Waals surface area contributed by atoms with Crippen LogP contribution in [0.15, 0.2) is 59.5 Å². The summed E-state index contributed by atoms with van der Waals surface area (Å²) in [5.41, 5.74) is 3.45. The molecule has 0 saturated carbocycles. The number of carbonyl (C=O) groups excluding carboxylic acids is 1. The van der Waals surface area contributed by atoms with E-state index >= 15 is 0 Å². The first kappa shape index (κ1) is 25.0. The Kier molecular flexibility index (Phi) is 7.35. The van der Waals surface area contributed by atoms with Gasteiger partial charge in [-0.05, 0) is 61.7 Å². The summed E-state index contributed by atoms with van der Waals surface area (Å²) in [5.74, 6) is 0.666. The van der Waals surface area contributed by atoms with Gasteiger partial charge >= 0.3 is 0 Å². The number of benzene rings is 3. The quantitative estimate of drug-likeness (QED) is 0.486. The molecule has 184 valence electrons. The smallest absolute Gasteiger partial charge is 0.244 e. The highest BCUT2D eigenvalue weighted by Crippen LogP contribution is 2.33. The molecule has 0 fully saturated rings. The van der Waals surface area contributed by atoms with E-state index in [0.717, 1.165) is 5.56 Å². The average Bonchev–Trinajstić information content (AvgIpc) is 2.79. The Bertz CT molecular complexity index is 1330. The first-order valence-electron chi connectivity index (χ1n) is 11.2. The van der Waals surface area contributed by atoms with E-state index in [-0.39, 0.29) is 18.0 Å². The summed E-state index contributed by atoms with van der Waals surface area (Å²) in [6.07, 6.45) is 0. The lowest BCUT2D eigenvalue weighted by atomic mass is 10.1. The van der Waals surface area contributed by atoms with Crippen molar-refractivity contribution >= 4 is 33.2 Å². The molecule has 3 aromatic carbocycles. The standard InChI is InChI=1S/C26H27ClN2O5S/c1-17-12-18(2)26(19(3)13-17)35(31,32)29(15-20-4-6-21(27)7-5-20)16-25(30)28-22-8-9-23-24(14-22)34-11-10-33-23/h4-9,12-14H,10-11,15-16H2,1-3H3,(H,28,30). The maximum Gasteiger partial charge on any atom is 0.244 e. The molecule has 9 heteroatoms. The third-order valence-corrected chi connectivity index (χ3v) is 7.97. The van der Waals surface area contributed by atoms with Crippen LogP contribution in [-0.2, 0) is 21.4 Å². The number of nitrogens with one attached hydrogen (secondary N) is 1. The van der Waals surface area contributed by atoms with Gasteiger partial charge in [0.1, 0.15) is 13.2 Å². The van der Waals surface area contributed by atoms with Gasteiger partial charge < -0.3 is 14.8 Å². The van der Waals surface area contributed by atoms with Gasteiger partial charge in [-0.15, -0.1) is 0 Å². The highest BCUT2D eigenvalue weighted by atomic mass is 35.5. The van der Waals surface area contributed by atoms with Crippen LogP contribution in [0.2, 0.25) is 5.02 Å². The summed E-state index contributed by atoms with van der Waals surface area (Å²) in [4.78, 5) is 13.2. The predicted octanol–water partition coefficient (Wildman–Crippen LogP) is 4.87. The highest BCUT2D eigenvalue weighted by molar-refractivity contribution is 7.89. The van der Waals surface area contributed by atoms with Crippen molar-refractivity contribution in [2.24, 2.45) is 0 Å². The normalized spacial score (nSPS) is 13.1. The number of rotatable bonds is 7. The number of fused-ring (bicyclic) bond motifs is 1.